The lowest BCUT2D eigenvalue weighted by Crippen LogP contribution is -2.59. The minimum absolute atomic E-state index is 0.406. The Kier molecular flexibility index (Phi) is 12.1. The first-order valence-electron chi connectivity index (χ1n) is 9.83. The highest BCUT2D eigenvalue weighted by molar-refractivity contribution is 5.30. The quantitative estimate of drug-likeness (QED) is 0.211. The summed E-state index contributed by atoms with van der Waals surface area (Å²) in [6.07, 6.45) is -3.42. The molecule has 8 heteroatoms. The minimum Gasteiger partial charge on any atom is -0.394 e. The Bertz CT molecular complexity index is 612. The summed E-state index contributed by atoms with van der Waals surface area (Å²) in [7, 11) is 0. The van der Waals surface area contributed by atoms with Gasteiger partial charge < -0.3 is 40.1 Å². The van der Waals surface area contributed by atoms with Crippen molar-refractivity contribution in [3.05, 3.63) is 12.2 Å². The molecule has 164 valence electrons. The highest BCUT2D eigenvalue weighted by atomic mass is 16.7. The van der Waals surface area contributed by atoms with Gasteiger partial charge in [0.25, 0.3) is 0 Å². The van der Waals surface area contributed by atoms with E-state index in [0.717, 1.165) is 0 Å². The smallest absolute Gasteiger partial charge is 0.188 e. The van der Waals surface area contributed by atoms with E-state index in [2.05, 4.69) is 23.7 Å². The lowest BCUT2D eigenvalue weighted by molar-refractivity contribution is -0.303. The average Bonchev–Trinajstić information content (AvgIpc) is 2.73. The maximum absolute atomic E-state index is 10.1. The van der Waals surface area contributed by atoms with Crippen LogP contribution in [0.4, 0.5) is 0 Å². The van der Waals surface area contributed by atoms with Gasteiger partial charge in [-0.1, -0.05) is 31.8 Å². The maximum Gasteiger partial charge on any atom is 0.188 e. The van der Waals surface area contributed by atoms with Gasteiger partial charge in [0.1, 0.15) is 36.6 Å². The van der Waals surface area contributed by atoms with E-state index in [4.69, 9.17) is 9.47 Å². The molecular formula is C21H32O8. The SMILES string of the molecule is CCC(O)C#CC#CC(/C=C/CCC(O)CC)O[C@@H]1O[C@H](CO)[C@@H](O)[C@H](O)[C@H]1O. The summed E-state index contributed by atoms with van der Waals surface area (Å²) in [6.45, 7) is 3.10. The predicted octanol–water partition coefficient (Wildman–Crippen LogP) is -0.943. The van der Waals surface area contributed by atoms with Crippen molar-refractivity contribution in [3.63, 3.8) is 0 Å². The second kappa shape index (κ2) is 13.7. The van der Waals surface area contributed by atoms with Crippen LogP contribution in [0.15, 0.2) is 12.2 Å². The molecule has 0 aromatic rings. The number of aliphatic hydroxyl groups excluding tert-OH is 6. The summed E-state index contributed by atoms with van der Waals surface area (Å²) >= 11 is 0. The van der Waals surface area contributed by atoms with Crippen molar-refractivity contribution in [1.29, 1.82) is 0 Å². The zero-order valence-corrected chi connectivity index (χ0v) is 16.8. The molecule has 0 radical (unpaired) electrons. The van der Waals surface area contributed by atoms with Gasteiger partial charge in [0.15, 0.2) is 6.29 Å². The Balaban J connectivity index is 2.87. The van der Waals surface area contributed by atoms with Gasteiger partial charge in [0, 0.05) is 0 Å². The number of ether oxygens (including phenoxy) is 2. The van der Waals surface area contributed by atoms with Crippen molar-refractivity contribution in [2.75, 3.05) is 6.61 Å². The fraction of sp³-hybridized carbons (Fsp3) is 0.714. The molecule has 0 saturated carbocycles. The summed E-state index contributed by atoms with van der Waals surface area (Å²) in [6, 6.07) is 0. The van der Waals surface area contributed by atoms with Crippen LogP contribution < -0.4 is 0 Å². The van der Waals surface area contributed by atoms with Gasteiger partial charge in [-0.05, 0) is 43.6 Å². The van der Waals surface area contributed by atoms with Crippen molar-refractivity contribution in [2.24, 2.45) is 0 Å². The van der Waals surface area contributed by atoms with E-state index in [1.165, 1.54) is 0 Å². The van der Waals surface area contributed by atoms with Crippen molar-refractivity contribution in [3.8, 4) is 23.7 Å². The Morgan fingerprint density at radius 1 is 1.00 bits per heavy atom. The third kappa shape index (κ3) is 8.83. The summed E-state index contributed by atoms with van der Waals surface area (Å²) in [4.78, 5) is 0. The lowest BCUT2D eigenvalue weighted by atomic mass is 9.99. The Morgan fingerprint density at radius 3 is 2.31 bits per heavy atom. The van der Waals surface area contributed by atoms with Crippen LogP contribution in [0.3, 0.4) is 0 Å². The molecule has 1 rings (SSSR count). The average molecular weight is 412 g/mol. The third-order valence-electron chi connectivity index (χ3n) is 4.48. The second-order valence-electron chi connectivity index (χ2n) is 6.78. The normalized spacial score (nSPS) is 30.0. The zero-order chi connectivity index (χ0) is 21.8. The topological polar surface area (TPSA) is 140 Å². The second-order valence-corrected chi connectivity index (χ2v) is 6.78. The molecule has 29 heavy (non-hydrogen) atoms. The van der Waals surface area contributed by atoms with Crippen LogP contribution in [0.25, 0.3) is 0 Å². The molecule has 8 atom stereocenters. The van der Waals surface area contributed by atoms with Crippen molar-refractivity contribution < 1.29 is 40.1 Å². The first kappa shape index (κ1) is 25.6. The number of rotatable bonds is 9. The molecule has 1 aliphatic heterocycles. The van der Waals surface area contributed by atoms with Gasteiger partial charge in [-0.15, -0.1) is 0 Å². The molecule has 3 unspecified atom stereocenters. The predicted molar refractivity (Wildman–Crippen MR) is 105 cm³/mol. The first-order valence-corrected chi connectivity index (χ1v) is 9.83. The highest BCUT2D eigenvalue weighted by Crippen LogP contribution is 2.23. The van der Waals surface area contributed by atoms with E-state index in [9.17, 15) is 30.6 Å². The van der Waals surface area contributed by atoms with Crippen molar-refractivity contribution in [1.82, 2.24) is 0 Å². The summed E-state index contributed by atoms with van der Waals surface area (Å²) in [5, 5.41) is 58.2. The fourth-order valence-electron chi connectivity index (χ4n) is 2.49. The largest absolute Gasteiger partial charge is 0.394 e. The van der Waals surface area contributed by atoms with Gasteiger partial charge >= 0.3 is 0 Å². The van der Waals surface area contributed by atoms with E-state index < -0.39 is 55.6 Å². The van der Waals surface area contributed by atoms with Crippen LogP contribution in [-0.2, 0) is 9.47 Å². The number of hydrogen-bond acceptors (Lipinski definition) is 8. The molecule has 0 aromatic carbocycles. The summed E-state index contributed by atoms with van der Waals surface area (Å²) in [5.41, 5.74) is 0. The van der Waals surface area contributed by atoms with Gasteiger partial charge in [-0.3, -0.25) is 0 Å². The van der Waals surface area contributed by atoms with E-state index >= 15 is 0 Å². The van der Waals surface area contributed by atoms with E-state index in [1.54, 1.807) is 19.1 Å². The Morgan fingerprint density at radius 2 is 1.69 bits per heavy atom. The first-order chi connectivity index (χ1) is 13.8. The number of aliphatic hydroxyl groups is 6. The fourth-order valence-corrected chi connectivity index (χ4v) is 2.49. The molecular weight excluding hydrogens is 380 g/mol. The molecule has 0 amide bonds. The number of hydrogen-bond donors (Lipinski definition) is 6. The maximum atomic E-state index is 10.1. The molecule has 1 saturated heterocycles. The summed E-state index contributed by atoms with van der Waals surface area (Å²) in [5.74, 6) is 10.4. The highest BCUT2D eigenvalue weighted by Gasteiger charge is 2.44. The standard InChI is InChI=1S/C21H32O8/c1-3-14(23)9-5-7-11-16(12-8-6-10-15(24)4-2)28-21-20(27)19(26)18(25)17(13-22)29-21/h7,11,14-27H,3-5,9,13H2,1-2H3/b11-7+/t14?,15?,16?,17-,18-,19+,20-,21-/m1/s1. The van der Waals surface area contributed by atoms with Crippen molar-refractivity contribution >= 4 is 0 Å². The van der Waals surface area contributed by atoms with Gasteiger partial charge in [-0.2, -0.15) is 0 Å². The molecule has 0 aliphatic carbocycles. The molecule has 8 nitrogen and oxygen atoms in total. The molecule has 1 heterocycles. The number of allylic oxidation sites excluding steroid dienone is 1. The zero-order valence-electron chi connectivity index (χ0n) is 16.8. The monoisotopic (exact) mass is 412 g/mol. The molecule has 0 bridgehead atoms. The molecule has 6 N–H and O–H groups in total. The Hall–Kier alpha value is -1.46. The van der Waals surface area contributed by atoms with Gasteiger partial charge in [0.05, 0.1) is 12.7 Å². The van der Waals surface area contributed by atoms with Crippen LogP contribution in [0.2, 0.25) is 0 Å². The minimum atomic E-state index is -1.55. The Labute approximate surface area is 171 Å². The molecule has 0 spiro atoms. The molecule has 1 fully saturated rings. The van der Waals surface area contributed by atoms with Crippen LogP contribution in [-0.4, -0.2) is 86.3 Å². The molecule has 0 aromatic heterocycles. The lowest BCUT2D eigenvalue weighted by Gasteiger charge is -2.40. The van der Waals surface area contributed by atoms with Crippen LogP contribution in [0.1, 0.15) is 39.5 Å². The summed E-state index contributed by atoms with van der Waals surface area (Å²) < 4.78 is 10.9. The van der Waals surface area contributed by atoms with E-state index in [1.807, 2.05) is 6.92 Å². The molecule has 1 aliphatic rings. The van der Waals surface area contributed by atoms with Crippen LogP contribution >= 0.6 is 0 Å². The third-order valence-corrected chi connectivity index (χ3v) is 4.48. The van der Waals surface area contributed by atoms with Crippen molar-refractivity contribution in [2.45, 2.75) is 88.5 Å². The van der Waals surface area contributed by atoms with E-state index in [0.29, 0.717) is 25.7 Å². The van der Waals surface area contributed by atoms with E-state index in [-0.39, 0.29) is 0 Å². The van der Waals surface area contributed by atoms with Gasteiger partial charge in [-0.25, -0.2) is 0 Å². The van der Waals surface area contributed by atoms with Crippen LogP contribution in [0, 0.1) is 23.7 Å². The van der Waals surface area contributed by atoms with Crippen LogP contribution in [0.5, 0.6) is 0 Å². The van der Waals surface area contributed by atoms with Gasteiger partial charge in [0.2, 0.25) is 0 Å².